The summed E-state index contributed by atoms with van der Waals surface area (Å²) >= 11 is 0. The molecule has 1 nitrogen and oxygen atoms in total. The molecule has 0 aromatic rings. The summed E-state index contributed by atoms with van der Waals surface area (Å²) in [5, 5.41) is 3.55. The van der Waals surface area contributed by atoms with Crippen LogP contribution in [-0.2, 0) is 0 Å². The fourth-order valence-electron chi connectivity index (χ4n) is 3.16. The standard InChI is InChI=1S/C14H29N/c1-6-8-15-9-10(3)11(4)14-12(5)13(14)7-2/h10-15H,6-9H2,1-5H3. The van der Waals surface area contributed by atoms with Gasteiger partial charge in [-0.15, -0.1) is 0 Å². The smallest absolute Gasteiger partial charge is 0.00205 e. The van der Waals surface area contributed by atoms with Gasteiger partial charge in [0, 0.05) is 0 Å². The van der Waals surface area contributed by atoms with E-state index in [1.807, 2.05) is 0 Å². The first-order valence-corrected chi connectivity index (χ1v) is 6.84. The molecular weight excluding hydrogens is 182 g/mol. The molecule has 1 aliphatic rings. The average Bonchev–Trinajstić information content (AvgIpc) is 2.88. The van der Waals surface area contributed by atoms with Crippen LogP contribution < -0.4 is 5.32 Å². The summed E-state index contributed by atoms with van der Waals surface area (Å²) in [6.07, 6.45) is 2.63. The maximum Gasteiger partial charge on any atom is -0.00205 e. The van der Waals surface area contributed by atoms with E-state index in [1.165, 1.54) is 25.9 Å². The van der Waals surface area contributed by atoms with Crippen LogP contribution in [0, 0.1) is 29.6 Å². The Balaban J connectivity index is 2.24. The molecule has 1 heteroatoms. The normalized spacial score (nSPS) is 33.8. The van der Waals surface area contributed by atoms with Gasteiger partial charge >= 0.3 is 0 Å². The van der Waals surface area contributed by atoms with Crippen molar-refractivity contribution in [2.75, 3.05) is 13.1 Å². The molecule has 1 rings (SSSR count). The first-order valence-electron chi connectivity index (χ1n) is 6.84. The Morgan fingerprint density at radius 2 is 1.87 bits per heavy atom. The number of rotatable bonds is 7. The van der Waals surface area contributed by atoms with Gasteiger partial charge < -0.3 is 5.32 Å². The van der Waals surface area contributed by atoms with Crippen LogP contribution in [0.25, 0.3) is 0 Å². The van der Waals surface area contributed by atoms with Crippen LogP contribution in [0.1, 0.15) is 47.5 Å². The number of hydrogen-bond donors (Lipinski definition) is 1. The van der Waals surface area contributed by atoms with Crippen LogP contribution >= 0.6 is 0 Å². The van der Waals surface area contributed by atoms with E-state index in [9.17, 15) is 0 Å². The largest absolute Gasteiger partial charge is 0.316 e. The van der Waals surface area contributed by atoms with Crippen LogP contribution in [0.5, 0.6) is 0 Å². The lowest BCUT2D eigenvalue weighted by molar-refractivity contribution is 0.311. The molecule has 15 heavy (non-hydrogen) atoms. The molecule has 0 aliphatic heterocycles. The van der Waals surface area contributed by atoms with Crippen molar-refractivity contribution in [2.45, 2.75) is 47.5 Å². The Bertz CT molecular complexity index is 178. The summed E-state index contributed by atoms with van der Waals surface area (Å²) in [6, 6.07) is 0. The summed E-state index contributed by atoms with van der Waals surface area (Å²) in [6.45, 7) is 14.2. The minimum atomic E-state index is 0.834. The van der Waals surface area contributed by atoms with E-state index in [4.69, 9.17) is 0 Å². The third-order valence-corrected chi connectivity index (χ3v) is 4.51. The molecule has 0 saturated heterocycles. The maximum atomic E-state index is 3.55. The zero-order chi connectivity index (χ0) is 11.4. The van der Waals surface area contributed by atoms with Gasteiger partial charge in [-0.05, 0) is 49.1 Å². The van der Waals surface area contributed by atoms with Crippen molar-refractivity contribution in [2.24, 2.45) is 29.6 Å². The van der Waals surface area contributed by atoms with Crippen LogP contribution in [0.15, 0.2) is 0 Å². The second-order valence-electron chi connectivity index (χ2n) is 5.55. The van der Waals surface area contributed by atoms with Crippen molar-refractivity contribution in [3.63, 3.8) is 0 Å². The van der Waals surface area contributed by atoms with Gasteiger partial charge in [-0.2, -0.15) is 0 Å². The molecule has 1 aliphatic carbocycles. The molecule has 1 N–H and O–H groups in total. The summed E-state index contributed by atoms with van der Waals surface area (Å²) < 4.78 is 0. The second-order valence-corrected chi connectivity index (χ2v) is 5.55. The highest BCUT2D eigenvalue weighted by Crippen LogP contribution is 2.54. The molecule has 1 saturated carbocycles. The Morgan fingerprint density at radius 1 is 1.20 bits per heavy atom. The molecule has 5 atom stereocenters. The highest BCUT2D eigenvalue weighted by atomic mass is 14.9. The molecule has 0 radical (unpaired) electrons. The van der Waals surface area contributed by atoms with Gasteiger partial charge in [0.2, 0.25) is 0 Å². The van der Waals surface area contributed by atoms with E-state index in [0.717, 1.165) is 29.6 Å². The van der Waals surface area contributed by atoms with Gasteiger partial charge in [0.1, 0.15) is 0 Å². The molecule has 90 valence electrons. The third-order valence-electron chi connectivity index (χ3n) is 4.51. The van der Waals surface area contributed by atoms with Crippen LogP contribution in [-0.4, -0.2) is 13.1 Å². The zero-order valence-corrected chi connectivity index (χ0v) is 11.2. The topological polar surface area (TPSA) is 12.0 Å². The Hall–Kier alpha value is -0.0400. The first-order chi connectivity index (χ1) is 7.13. The lowest BCUT2D eigenvalue weighted by Crippen LogP contribution is -2.27. The molecule has 5 unspecified atom stereocenters. The Morgan fingerprint density at radius 3 is 2.33 bits per heavy atom. The molecule has 0 bridgehead atoms. The van der Waals surface area contributed by atoms with Gasteiger partial charge in [0.25, 0.3) is 0 Å². The minimum absolute atomic E-state index is 0.834. The van der Waals surface area contributed by atoms with E-state index in [-0.39, 0.29) is 0 Å². The van der Waals surface area contributed by atoms with Crippen molar-refractivity contribution in [1.82, 2.24) is 5.32 Å². The van der Waals surface area contributed by atoms with Crippen LogP contribution in [0.2, 0.25) is 0 Å². The molecular formula is C14H29N. The molecule has 0 amide bonds. The maximum absolute atomic E-state index is 3.55. The van der Waals surface area contributed by atoms with Gasteiger partial charge in [0.05, 0.1) is 0 Å². The predicted molar refractivity (Wildman–Crippen MR) is 67.9 cm³/mol. The highest BCUT2D eigenvalue weighted by Gasteiger charge is 2.48. The number of nitrogens with one attached hydrogen (secondary N) is 1. The second kappa shape index (κ2) is 5.89. The Kier molecular flexibility index (Phi) is 5.11. The number of hydrogen-bond acceptors (Lipinski definition) is 1. The molecule has 0 aromatic heterocycles. The fraction of sp³-hybridized carbons (Fsp3) is 1.00. The van der Waals surface area contributed by atoms with Crippen LogP contribution in [0.3, 0.4) is 0 Å². The lowest BCUT2D eigenvalue weighted by Gasteiger charge is -2.20. The minimum Gasteiger partial charge on any atom is -0.316 e. The molecule has 0 aromatic carbocycles. The summed E-state index contributed by atoms with van der Waals surface area (Å²) in [7, 11) is 0. The summed E-state index contributed by atoms with van der Waals surface area (Å²) in [5.74, 6) is 4.75. The van der Waals surface area contributed by atoms with E-state index in [1.54, 1.807) is 0 Å². The predicted octanol–water partition coefficient (Wildman–Crippen LogP) is 3.55. The highest BCUT2D eigenvalue weighted by molar-refractivity contribution is 4.97. The van der Waals surface area contributed by atoms with Gasteiger partial charge in [-0.25, -0.2) is 0 Å². The fourth-order valence-corrected chi connectivity index (χ4v) is 3.16. The van der Waals surface area contributed by atoms with E-state index in [0.29, 0.717) is 0 Å². The molecule has 0 heterocycles. The van der Waals surface area contributed by atoms with Gasteiger partial charge in [-0.1, -0.05) is 41.0 Å². The molecule has 0 spiro atoms. The average molecular weight is 211 g/mol. The SMILES string of the molecule is CCCNCC(C)C(C)C1C(C)C1CC. The summed E-state index contributed by atoms with van der Waals surface area (Å²) in [5.41, 5.74) is 0. The van der Waals surface area contributed by atoms with Gasteiger partial charge in [0.15, 0.2) is 0 Å². The van der Waals surface area contributed by atoms with Crippen molar-refractivity contribution in [3.05, 3.63) is 0 Å². The Labute approximate surface area is 96.0 Å². The van der Waals surface area contributed by atoms with Crippen LogP contribution in [0.4, 0.5) is 0 Å². The van der Waals surface area contributed by atoms with E-state index < -0.39 is 0 Å². The van der Waals surface area contributed by atoms with Crippen molar-refractivity contribution in [3.8, 4) is 0 Å². The van der Waals surface area contributed by atoms with E-state index in [2.05, 4.69) is 39.9 Å². The lowest BCUT2D eigenvalue weighted by atomic mass is 9.89. The summed E-state index contributed by atoms with van der Waals surface area (Å²) in [4.78, 5) is 0. The van der Waals surface area contributed by atoms with Crippen molar-refractivity contribution >= 4 is 0 Å². The molecule has 1 fully saturated rings. The third kappa shape index (κ3) is 3.21. The zero-order valence-electron chi connectivity index (χ0n) is 11.2. The monoisotopic (exact) mass is 211 g/mol. The van der Waals surface area contributed by atoms with Gasteiger partial charge in [-0.3, -0.25) is 0 Å². The first kappa shape index (κ1) is 13.0. The van der Waals surface area contributed by atoms with Crippen molar-refractivity contribution < 1.29 is 0 Å². The van der Waals surface area contributed by atoms with Crippen molar-refractivity contribution in [1.29, 1.82) is 0 Å². The van der Waals surface area contributed by atoms with E-state index >= 15 is 0 Å². The quantitative estimate of drug-likeness (QED) is 0.635.